The topological polar surface area (TPSA) is 55.1 Å². The number of oxazole rings is 1. The molecule has 0 aliphatic rings. The molecule has 0 aliphatic carbocycles. The molecule has 0 saturated carbocycles. The molecule has 1 amide bonds. The number of nitrogens with zero attached hydrogens (tertiary/aromatic N) is 1. The zero-order chi connectivity index (χ0) is 10.7. The Labute approximate surface area is 86.9 Å². The highest BCUT2D eigenvalue weighted by Crippen LogP contribution is 2.19. The summed E-state index contributed by atoms with van der Waals surface area (Å²) in [5, 5.41) is 2.48. The van der Waals surface area contributed by atoms with Crippen LogP contribution in [0.5, 0.6) is 0 Å². The van der Waals surface area contributed by atoms with Gasteiger partial charge >= 0.3 is 6.01 Å². The van der Waals surface area contributed by atoms with E-state index in [-0.39, 0.29) is 11.9 Å². The van der Waals surface area contributed by atoms with E-state index in [0.29, 0.717) is 5.69 Å². The van der Waals surface area contributed by atoms with Crippen molar-refractivity contribution in [2.75, 3.05) is 5.32 Å². The van der Waals surface area contributed by atoms with Gasteiger partial charge in [0, 0.05) is 12.5 Å². The van der Waals surface area contributed by atoms with E-state index < -0.39 is 0 Å². The van der Waals surface area contributed by atoms with Gasteiger partial charge in [0.05, 0.1) is 0 Å². The normalized spacial score (nSPS) is 9.93. The van der Waals surface area contributed by atoms with Gasteiger partial charge in [0.2, 0.25) is 5.91 Å². The molecule has 76 valence electrons. The van der Waals surface area contributed by atoms with Gasteiger partial charge in [0.25, 0.3) is 0 Å². The number of benzene rings is 1. The highest BCUT2D eigenvalue weighted by atomic mass is 16.4. The van der Waals surface area contributed by atoms with Crippen LogP contribution < -0.4 is 5.32 Å². The van der Waals surface area contributed by atoms with E-state index in [1.165, 1.54) is 13.2 Å². The van der Waals surface area contributed by atoms with Crippen molar-refractivity contribution >= 4 is 11.9 Å². The molecular formula is C11H10N2O2. The van der Waals surface area contributed by atoms with E-state index in [1.54, 1.807) is 0 Å². The summed E-state index contributed by atoms with van der Waals surface area (Å²) >= 11 is 0. The highest BCUT2D eigenvalue weighted by molar-refractivity contribution is 5.86. The predicted molar refractivity (Wildman–Crippen MR) is 56.2 cm³/mol. The fourth-order valence-electron chi connectivity index (χ4n) is 1.22. The maximum Gasteiger partial charge on any atom is 0.301 e. The summed E-state index contributed by atoms with van der Waals surface area (Å²) in [5.41, 5.74) is 1.66. The minimum absolute atomic E-state index is 0.198. The highest BCUT2D eigenvalue weighted by Gasteiger charge is 2.06. The second kappa shape index (κ2) is 3.96. The Balaban J connectivity index is 2.24. The zero-order valence-electron chi connectivity index (χ0n) is 8.23. The third-order valence-electron chi connectivity index (χ3n) is 1.86. The van der Waals surface area contributed by atoms with Crippen molar-refractivity contribution in [1.82, 2.24) is 4.98 Å². The lowest BCUT2D eigenvalue weighted by atomic mass is 10.2. The number of hydrogen-bond donors (Lipinski definition) is 1. The van der Waals surface area contributed by atoms with E-state index in [1.807, 2.05) is 30.3 Å². The summed E-state index contributed by atoms with van der Waals surface area (Å²) in [6, 6.07) is 9.84. The summed E-state index contributed by atoms with van der Waals surface area (Å²) in [4.78, 5) is 14.9. The molecule has 2 rings (SSSR count). The first kappa shape index (κ1) is 9.45. The van der Waals surface area contributed by atoms with E-state index in [2.05, 4.69) is 10.3 Å². The van der Waals surface area contributed by atoms with E-state index in [9.17, 15) is 4.79 Å². The van der Waals surface area contributed by atoms with Gasteiger partial charge in [-0.25, -0.2) is 0 Å². The number of anilines is 1. The summed E-state index contributed by atoms with van der Waals surface area (Å²) in [5.74, 6) is -0.198. The quantitative estimate of drug-likeness (QED) is 0.812. The second-order valence-electron chi connectivity index (χ2n) is 3.09. The molecular weight excluding hydrogens is 192 g/mol. The van der Waals surface area contributed by atoms with Crippen LogP contribution >= 0.6 is 0 Å². The molecule has 0 fully saturated rings. The van der Waals surface area contributed by atoms with Crippen molar-refractivity contribution in [1.29, 1.82) is 0 Å². The van der Waals surface area contributed by atoms with Gasteiger partial charge in [-0.15, -0.1) is 0 Å². The molecule has 0 spiro atoms. The average molecular weight is 202 g/mol. The molecule has 4 nitrogen and oxygen atoms in total. The Morgan fingerprint density at radius 3 is 2.73 bits per heavy atom. The Morgan fingerprint density at radius 2 is 2.07 bits per heavy atom. The van der Waals surface area contributed by atoms with Crippen molar-refractivity contribution in [3.05, 3.63) is 36.6 Å². The van der Waals surface area contributed by atoms with Crippen LogP contribution in [-0.2, 0) is 4.79 Å². The third kappa shape index (κ3) is 2.22. The number of amides is 1. The van der Waals surface area contributed by atoms with Crippen molar-refractivity contribution in [3.8, 4) is 11.3 Å². The molecule has 1 heterocycles. The molecule has 15 heavy (non-hydrogen) atoms. The van der Waals surface area contributed by atoms with Crippen LogP contribution in [0.4, 0.5) is 6.01 Å². The van der Waals surface area contributed by atoms with Crippen LogP contribution in [0.1, 0.15) is 6.92 Å². The third-order valence-corrected chi connectivity index (χ3v) is 1.86. The second-order valence-corrected chi connectivity index (χ2v) is 3.09. The standard InChI is InChI=1S/C11H10N2O2/c1-8(14)12-11-13-10(7-15-11)9-5-3-2-4-6-9/h2-7H,1H3,(H,12,13,14). The molecule has 0 aliphatic heterocycles. The molecule has 0 unspecified atom stereocenters. The van der Waals surface area contributed by atoms with Crippen LogP contribution in [0.25, 0.3) is 11.3 Å². The molecule has 4 heteroatoms. The fraction of sp³-hybridized carbons (Fsp3) is 0.0909. The first-order valence-electron chi connectivity index (χ1n) is 4.54. The van der Waals surface area contributed by atoms with Gasteiger partial charge < -0.3 is 4.42 Å². The van der Waals surface area contributed by atoms with Gasteiger partial charge in [-0.05, 0) is 0 Å². The molecule has 1 aromatic heterocycles. The van der Waals surface area contributed by atoms with Crippen LogP contribution in [0.2, 0.25) is 0 Å². The zero-order valence-corrected chi connectivity index (χ0v) is 8.23. The summed E-state index contributed by atoms with van der Waals surface area (Å²) in [7, 11) is 0. The van der Waals surface area contributed by atoms with Gasteiger partial charge in [-0.3, -0.25) is 10.1 Å². The Hall–Kier alpha value is -2.10. The number of nitrogens with one attached hydrogen (secondary N) is 1. The summed E-state index contributed by atoms with van der Waals surface area (Å²) < 4.78 is 5.09. The van der Waals surface area contributed by atoms with Crippen LogP contribution in [0.3, 0.4) is 0 Å². The van der Waals surface area contributed by atoms with Crippen molar-refractivity contribution in [3.63, 3.8) is 0 Å². The molecule has 0 atom stereocenters. The first-order chi connectivity index (χ1) is 7.25. The van der Waals surface area contributed by atoms with E-state index in [4.69, 9.17) is 4.42 Å². The minimum Gasteiger partial charge on any atom is -0.431 e. The lowest BCUT2D eigenvalue weighted by molar-refractivity contribution is -0.114. The van der Waals surface area contributed by atoms with Gasteiger partial charge in [-0.2, -0.15) is 4.98 Å². The largest absolute Gasteiger partial charge is 0.431 e. The van der Waals surface area contributed by atoms with Crippen LogP contribution in [0.15, 0.2) is 41.0 Å². The van der Waals surface area contributed by atoms with Crippen LogP contribution in [0, 0.1) is 0 Å². The van der Waals surface area contributed by atoms with Crippen molar-refractivity contribution in [2.45, 2.75) is 6.92 Å². The average Bonchev–Trinajstić information content (AvgIpc) is 2.67. The van der Waals surface area contributed by atoms with Gasteiger partial charge in [0.15, 0.2) is 0 Å². The summed E-state index contributed by atoms with van der Waals surface area (Å²) in [6.07, 6.45) is 1.51. The smallest absolute Gasteiger partial charge is 0.301 e. The maximum atomic E-state index is 10.7. The molecule has 1 aromatic carbocycles. The maximum absolute atomic E-state index is 10.7. The summed E-state index contributed by atoms with van der Waals surface area (Å²) in [6.45, 7) is 1.41. The number of rotatable bonds is 2. The molecule has 2 aromatic rings. The Kier molecular flexibility index (Phi) is 2.49. The molecule has 1 N–H and O–H groups in total. The Bertz CT molecular complexity index is 462. The fourth-order valence-corrected chi connectivity index (χ4v) is 1.22. The van der Waals surface area contributed by atoms with E-state index in [0.717, 1.165) is 5.56 Å². The lowest BCUT2D eigenvalue weighted by Crippen LogP contribution is -2.05. The molecule has 0 saturated heterocycles. The van der Waals surface area contributed by atoms with Gasteiger partial charge in [0.1, 0.15) is 12.0 Å². The predicted octanol–water partition coefficient (Wildman–Crippen LogP) is 2.30. The number of aromatic nitrogens is 1. The number of carbonyl (C=O) groups excluding carboxylic acids is 1. The van der Waals surface area contributed by atoms with E-state index >= 15 is 0 Å². The lowest BCUT2D eigenvalue weighted by Gasteiger charge is -1.93. The molecule has 0 radical (unpaired) electrons. The van der Waals surface area contributed by atoms with Crippen molar-refractivity contribution < 1.29 is 9.21 Å². The SMILES string of the molecule is CC(=O)Nc1nc(-c2ccccc2)co1. The first-order valence-corrected chi connectivity index (χ1v) is 4.54. The van der Waals surface area contributed by atoms with Crippen molar-refractivity contribution in [2.24, 2.45) is 0 Å². The van der Waals surface area contributed by atoms with Gasteiger partial charge in [-0.1, -0.05) is 30.3 Å². The van der Waals surface area contributed by atoms with Crippen LogP contribution in [-0.4, -0.2) is 10.9 Å². The number of hydrogen-bond acceptors (Lipinski definition) is 3. The minimum atomic E-state index is -0.198. The monoisotopic (exact) mass is 202 g/mol. The number of carbonyl (C=O) groups is 1. The Morgan fingerprint density at radius 1 is 1.33 bits per heavy atom. The molecule has 0 bridgehead atoms.